The van der Waals surface area contributed by atoms with Crippen molar-refractivity contribution in [1.29, 1.82) is 0 Å². The van der Waals surface area contributed by atoms with Crippen LogP contribution in [-0.2, 0) is 20.3 Å². The molecule has 474 valence electrons. The van der Waals surface area contributed by atoms with Gasteiger partial charge < -0.3 is 28.7 Å². The Morgan fingerprint density at radius 3 is 1.01 bits per heavy atom. The van der Waals surface area contributed by atoms with Crippen LogP contribution in [-0.4, -0.2) is 39.6 Å². The first-order chi connectivity index (χ1) is 47.0. The van der Waals surface area contributed by atoms with Crippen LogP contribution in [0.1, 0.15) is 82.3 Å². The maximum absolute atomic E-state index is 16.7. The molecule has 0 bridgehead atoms. The van der Waals surface area contributed by atoms with Crippen molar-refractivity contribution in [3.05, 3.63) is 346 Å². The molecular weight excluding hydrogens is 1190 g/mol. The van der Waals surface area contributed by atoms with Crippen molar-refractivity contribution in [3.8, 4) is 44.9 Å². The molecule has 0 saturated carbocycles. The van der Waals surface area contributed by atoms with Gasteiger partial charge in [-0.2, -0.15) is 0 Å². The number of fused-ring (bicyclic) bond motifs is 6. The summed E-state index contributed by atoms with van der Waals surface area (Å²) in [6, 6.07) is 96.4. The van der Waals surface area contributed by atoms with Crippen molar-refractivity contribution in [2.24, 2.45) is 10.8 Å². The molecule has 96 heavy (non-hydrogen) atoms. The second-order valence-corrected chi connectivity index (χ2v) is 26.8. The molecule has 6 nitrogen and oxygen atoms in total. The highest BCUT2D eigenvalue weighted by Crippen LogP contribution is 2.60. The smallest absolute Gasteiger partial charge is 0.147 e. The molecule has 0 spiro atoms. The predicted octanol–water partition coefficient (Wildman–Crippen LogP) is 21.5. The molecule has 16 rings (SSSR count). The van der Waals surface area contributed by atoms with Crippen molar-refractivity contribution in [1.82, 2.24) is 0 Å². The summed E-state index contributed by atoms with van der Waals surface area (Å²) in [7, 11) is 0. The summed E-state index contributed by atoms with van der Waals surface area (Å²) < 4.78 is 57.6. The first kappa shape index (κ1) is 60.6. The number of para-hydroxylation sites is 2. The van der Waals surface area contributed by atoms with Crippen LogP contribution in [0.2, 0.25) is 0 Å². The van der Waals surface area contributed by atoms with Crippen LogP contribution in [0.25, 0.3) is 33.4 Å². The van der Waals surface area contributed by atoms with Crippen molar-refractivity contribution in [2.45, 2.75) is 51.4 Å². The first-order valence-corrected chi connectivity index (χ1v) is 33.6. The Morgan fingerprint density at radius 1 is 0.344 bits per heavy atom. The van der Waals surface area contributed by atoms with Crippen molar-refractivity contribution < 1.29 is 27.7 Å². The zero-order chi connectivity index (χ0) is 65.2. The van der Waals surface area contributed by atoms with Gasteiger partial charge in [-0.3, -0.25) is 0 Å². The second-order valence-electron chi connectivity index (χ2n) is 26.8. The van der Waals surface area contributed by atoms with E-state index in [0.29, 0.717) is 51.0 Å². The highest BCUT2D eigenvalue weighted by Gasteiger charge is 2.49. The summed E-state index contributed by atoms with van der Waals surface area (Å²) in [5.74, 6) is 0.960. The number of rotatable bonds is 19. The second kappa shape index (κ2) is 24.4. The summed E-state index contributed by atoms with van der Waals surface area (Å²) >= 11 is 0. The first-order valence-electron chi connectivity index (χ1n) is 33.6. The number of anilines is 6. The van der Waals surface area contributed by atoms with Gasteiger partial charge in [0.05, 0.1) is 72.7 Å². The Hall–Kier alpha value is -10.4. The minimum absolute atomic E-state index is 0.0427. The number of hydrogen-bond donors (Lipinski definition) is 0. The lowest BCUT2D eigenvalue weighted by Gasteiger charge is -2.40. The summed E-state index contributed by atoms with van der Waals surface area (Å²) in [5.41, 5.74) is 20.6. The van der Waals surface area contributed by atoms with Crippen LogP contribution in [0.4, 0.5) is 42.9 Å². The number of ether oxygens (including phenoxy) is 4. The molecule has 2 atom stereocenters. The van der Waals surface area contributed by atoms with E-state index in [1.165, 1.54) is 34.4 Å². The van der Waals surface area contributed by atoms with Crippen LogP contribution in [0.15, 0.2) is 279 Å². The number of nitrogens with zero attached hydrogens (tertiary/aromatic N) is 2. The molecule has 0 radical (unpaired) electrons. The van der Waals surface area contributed by atoms with Crippen LogP contribution < -0.4 is 19.3 Å². The number of benzene rings is 12. The lowest BCUT2D eigenvalue weighted by atomic mass is 9.67. The fourth-order valence-corrected chi connectivity index (χ4v) is 15.4. The van der Waals surface area contributed by atoms with Gasteiger partial charge in [0.25, 0.3) is 0 Å². The molecule has 0 aromatic heterocycles. The van der Waals surface area contributed by atoms with Gasteiger partial charge in [0.1, 0.15) is 23.1 Å². The Morgan fingerprint density at radius 2 is 0.667 bits per heavy atom. The van der Waals surface area contributed by atoms with E-state index in [-0.39, 0.29) is 22.5 Å². The van der Waals surface area contributed by atoms with E-state index >= 15 is 8.78 Å². The molecular formula is C88H74F2N2O4. The molecule has 8 heteroatoms. The third kappa shape index (κ3) is 10.1. The Balaban J connectivity index is 0.762. The standard InChI is InChI=1S/C88H74F2N2O4/c1-5-85(53-93-54-85)57-95-71-45-35-65(36-46-71)87(63-31-23-59(3)24-32-63)77-17-9-7-15-73(77)75-49-43-69(51-79(75)87)91(83-21-13-11-19-81(83)89)67-39-27-61(28-40-67)62-29-41-68(42-30-62)92(84-22-14-12-20-82(84)90)70-44-50-76-74-16-8-10-18-78(74)88(80(76)52-70,64-33-25-60(4)26-34-64)66-37-47-72(48-38-66)96-58-86(6-2)55-94-56-86/h7-52H,5-6,53-58H2,1-4H3. The van der Waals surface area contributed by atoms with E-state index in [1.807, 2.05) is 34.1 Å². The number of hydrogen-bond acceptors (Lipinski definition) is 6. The van der Waals surface area contributed by atoms with Gasteiger partial charge in [-0.05, 0) is 202 Å². The zero-order valence-corrected chi connectivity index (χ0v) is 54.5. The average Bonchev–Trinajstić information content (AvgIpc) is 1.52. The maximum Gasteiger partial charge on any atom is 0.147 e. The van der Waals surface area contributed by atoms with Crippen molar-refractivity contribution >= 4 is 34.1 Å². The van der Waals surface area contributed by atoms with Gasteiger partial charge in [0, 0.05) is 22.7 Å². The van der Waals surface area contributed by atoms with Gasteiger partial charge in [-0.1, -0.05) is 207 Å². The van der Waals surface area contributed by atoms with E-state index < -0.39 is 10.8 Å². The third-order valence-electron chi connectivity index (χ3n) is 21.1. The monoisotopic (exact) mass is 1260 g/mol. The molecule has 2 aliphatic carbocycles. The summed E-state index contributed by atoms with van der Waals surface area (Å²) in [4.78, 5) is 4.06. The number of aryl methyl sites for hydroxylation is 2. The molecule has 2 aliphatic heterocycles. The average molecular weight is 1260 g/mol. The summed E-state index contributed by atoms with van der Waals surface area (Å²) in [5, 5.41) is 0. The van der Waals surface area contributed by atoms with E-state index in [2.05, 4.69) is 258 Å². The molecule has 2 saturated heterocycles. The largest absolute Gasteiger partial charge is 0.493 e. The zero-order valence-electron chi connectivity index (χ0n) is 54.5. The molecule has 12 aromatic rings. The minimum Gasteiger partial charge on any atom is -0.493 e. The molecule has 0 N–H and O–H groups in total. The lowest BCUT2D eigenvalue weighted by Crippen LogP contribution is -2.46. The highest BCUT2D eigenvalue weighted by molar-refractivity contribution is 5.92. The summed E-state index contributed by atoms with van der Waals surface area (Å²) in [6.07, 6.45) is 1.99. The van der Waals surface area contributed by atoms with Gasteiger partial charge >= 0.3 is 0 Å². The fraction of sp³-hybridized carbons (Fsp3) is 0.182. The van der Waals surface area contributed by atoms with Crippen LogP contribution >= 0.6 is 0 Å². The van der Waals surface area contributed by atoms with Crippen LogP contribution in [0.3, 0.4) is 0 Å². The maximum atomic E-state index is 16.7. The lowest BCUT2D eigenvalue weighted by molar-refractivity contribution is -0.133. The topological polar surface area (TPSA) is 43.4 Å². The molecule has 2 fully saturated rings. The molecule has 0 amide bonds. The van der Waals surface area contributed by atoms with E-state index in [0.717, 1.165) is 114 Å². The van der Waals surface area contributed by atoms with Crippen LogP contribution in [0.5, 0.6) is 11.5 Å². The molecule has 12 aromatic carbocycles. The van der Waals surface area contributed by atoms with E-state index in [9.17, 15) is 0 Å². The van der Waals surface area contributed by atoms with Crippen molar-refractivity contribution in [2.75, 3.05) is 49.4 Å². The Labute approximate surface area is 561 Å². The molecule has 4 aliphatic rings. The van der Waals surface area contributed by atoms with Gasteiger partial charge in [-0.15, -0.1) is 0 Å². The predicted molar refractivity (Wildman–Crippen MR) is 383 cm³/mol. The highest BCUT2D eigenvalue weighted by atomic mass is 19.1. The van der Waals surface area contributed by atoms with Gasteiger partial charge in [0.15, 0.2) is 0 Å². The van der Waals surface area contributed by atoms with Gasteiger partial charge in [0.2, 0.25) is 0 Å². The molecule has 2 unspecified atom stereocenters. The van der Waals surface area contributed by atoms with Crippen LogP contribution in [0, 0.1) is 36.3 Å². The quantitative estimate of drug-likeness (QED) is 0.0804. The van der Waals surface area contributed by atoms with E-state index in [4.69, 9.17) is 18.9 Å². The Kier molecular flexibility index (Phi) is 15.4. The fourth-order valence-electron chi connectivity index (χ4n) is 15.4. The number of halogens is 2. The Bertz CT molecular complexity index is 4530. The van der Waals surface area contributed by atoms with E-state index in [1.54, 1.807) is 12.1 Å². The van der Waals surface area contributed by atoms with Crippen molar-refractivity contribution in [3.63, 3.8) is 0 Å². The molecule has 2 heterocycles. The van der Waals surface area contributed by atoms with Gasteiger partial charge in [-0.25, -0.2) is 8.78 Å². The normalized spacial score (nSPS) is 17.4. The SMILES string of the molecule is CCC1(COc2ccc(C3(c4ccc(C)cc4)c4ccccc4-c4ccc(N(c5ccc(-c6ccc(N(c7ccc8c(c7)C(c7ccc(C)cc7)(c7ccc(OCC9(CC)COC9)cc7)c7ccccc7-8)c7ccccc7F)cc6)cc5)c5ccccc5F)cc43)cc2)COC1. The third-order valence-corrected chi connectivity index (χ3v) is 21.1. The minimum atomic E-state index is -0.731. The summed E-state index contributed by atoms with van der Waals surface area (Å²) in [6.45, 7) is 12.7.